The van der Waals surface area contributed by atoms with E-state index in [-0.39, 0.29) is 22.4 Å². The molecule has 21 heavy (non-hydrogen) atoms. The average Bonchev–Trinajstić information content (AvgIpc) is 2.81. The molecule has 1 rings (SSSR count). The monoisotopic (exact) mass is 337 g/mol. The van der Waals surface area contributed by atoms with E-state index in [4.69, 9.17) is 15.4 Å². The maximum absolute atomic E-state index is 12.1. The summed E-state index contributed by atoms with van der Waals surface area (Å²) in [5.41, 5.74) is 0.110. The van der Waals surface area contributed by atoms with Crippen LogP contribution in [0.25, 0.3) is 0 Å². The molecule has 1 aromatic rings. The van der Waals surface area contributed by atoms with Crippen molar-refractivity contribution >= 4 is 25.6 Å². The first-order chi connectivity index (χ1) is 9.68. The number of amides is 1. The highest BCUT2D eigenvalue weighted by Gasteiger charge is 2.29. The number of rotatable bonds is 7. The predicted octanol–water partition coefficient (Wildman–Crippen LogP) is 1.47. The van der Waals surface area contributed by atoms with Gasteiger partial charge < -0.3 is 10.1 Å². The summed E-state index contributed by atoms with van der Waals surface area (Å²) in [5, 5.41) is 8.99. The summed E-state index contributed by atoms with van der Waals surface area (Å²) in [5.74, 6) is -0.645. The number of aromatic nitrogens is 2. The van der Waals surface area contributed by atoms with E-state index in [0.717, 1.165) is 0 Å². The quantitative estimate of drug-likeness (QED) is 0.734. The molecule has 0 aromatic carbocycles. The van der Waals surface area contributed by atoms with Gasteiger partial charge in [-0.05, 0) is 11.8 Å². The first-order valence-electron chi connectivity index (χ1n) is 6.48. The minimum Gasteiger partial charge on any atom is -0.384 e. The van der Waals surface area contributed by atoms with Crippen molar-refractivity contribution in [3.8, 4) is 0 Å². The summed E-state index contributed by atoms with van der Waals surface area (Å²) in [6.07, 6.45) is 0. The van der Waals surface area contributed by atoms with E-state index in [1.807, 2.05) is 6.92 Å². The van der Waals surface area contributed by atoms with Crippen molar-refractivity contribution in [3.05, 3.63) is 11.4 Å². The Bertz CT molecular complexity index is 598. The van der Waals surface area contributed by atoms with Gasteiger partial charge in [-0.3, -0.25) is 9.89 Å². The molecule has 0 radical (unpaired) electrons. The highest BCUT2D eigenvalue weighted by atomic mass is 35.7. The molecule has 1 atom stereocenters. The van der Waals surface area contributed by atoms with E-state index in [1.54, 1.807) is 21.0 Å². The fraction of sp³-hybridized carbons (Fsp3) is 0.667. The molecule has 0 aliphatic heterocycles. The lowest BCUT2D eigenvalue weighted by molar-refractivity contribution is 0.0926. The summed E-state index contributed by atoms with van der Waals surface area (Å²) in [6, 6.07) is 0. The number of carbonyl (C=O) groups excluding carboxylic acids is 1. The second-order valence-electron chi connectivity index (χ2n) is 5.18. The SMILES string of the molecule is COCC(C)CNC(=O)c1n[nH]c(C(C)C)c1S(=O)(=O)Cl. The molecule has 0 spiro atoms. The second kappa shape index (κ2) is 7.24. The molecule has 1 heterocycles. The third kappa shape index (κ3) is 4.69. The van der Waals surface area contributed by atoms with Crippen molar-refractivity contribution in [1.29, 1.82) is 0 Å². The molecule has 9 heteroatoms. The van der Waals surface area contributed by atoms with Crippen LogP contribution in [-0.2, 0) is 13.8 Å². The molecule has 0 bridgehead atoms. The molecule has 1 amide bonds. The van der Waals surface area contributed by atoms with Gasteiger partial charge in [0.15, 0.2) is 5.69 Å². The van der Waals surface area contributed by atoms with Gasteiger partial charge in [-0.1, -0.05) is 20.8 Å². The van der Waals surface area contributed by atoms with Crippen LogP contribution in [0.5, 0.6) is 0 Å². The summed E-state index contributed by atoms with van der Waals surface area (Å²) >= 11 is 0. The fourth-order valence-corrected chi connectivity index (χ4v) is 3.21. The first kappa shape index (κ1) is 17.9. The number of hydrogen-bond acceptors (Lipinski definition) is 5. The normalized spacial score (nSPS) is 13.4. The van der Waals surface area contributed by atoms with Crippen LogP contribution in [0.3, 0.4) is 0 Å². The zero-order chi connectivity index (χ0) is 16.2. The number of nitrogens with zero attached hydrogens (tertiary/aromatic N) is 1. The van der Waals surface area contributed by atoms with Gasteiger partial charge in [0, 0.05) is 24.3 Å². The Morgan fingerprint density at radius 3 is 2.52 bits per heavy atom. The van der Waals surface area contributed by atoms with Crippen LogP contribution >= 0.6 is 10.7 Å². The van der Waals surface area contributed by atoms with E-state index in [9.17, 15) is 13.2 Å². The summed E-state index contributed by atoms with van der Waals surface area (Å²) < 4.78 is 28.3. The molecule has 0 aliphatic carbocycles. The summed E-state index contributed by atoms with van der Waals surface area (Å²) in [4.78, 5) is 11.8. The molecule has 0 aliphatic rings. The van der Waals surface area contributed by atoms with Crippen molar-refractivity contribution in [3.63, 3.8) is 0 Å². The lowest BCUT2D eigenvalue weighted by Gasteiger charge is -2.11. The van der Waals surface area contributed by atoms with Gasteiger partial charge in [-0.15, -0.1) is 0 Å². The van der Waals surface area contributed by atoms with Crippen molar-refractivity contribution in [2.45, 2.75) is 31.6 Å². The Morgan fingerprint density at radius 2 is 2.05 bits per heavy atom. The van der Waals surface area contributed by atoms with Gasteiger partial charge in [-0.2, -0.15) is 5.10 Å². The molecular weight excluding hydrogens is 318 g/mol. The molecule has 7 nitrogen and oxygen atoms in total. The van der Waals surface area contributed by atoms with Crippen LogP contribution in [0.15, 0.2) is 4.90 Å². The number of H-pyrrole nitrogens is 1. The topological polar surface area (TPSA) is 101 Å². The highest BCUT2D eigenvalue weighted by molar-refractivity contribution is 8.13. The maximum Gasteiger partial charge on any atom is 0.273 e. The van der Waals surface area contributed by atoms with Gasteiger partial charge in [-0.25, -0.2) is 8.42 Å². The average molecular weight is 338 g/mol. The van der Waals surface area contributed by atoms with Gasteiger partial charge in [0.2, 0.25) is 0 Å². The standard InChI is InChI=1S/C12H20ClN3O4S/c1-7(2)9-11(21(13,18)19)10(16-15-9)12(17)14-5-8(3)6-20-4/h7-8H,5-6H2,1-4H3,(H,14,17)(H,15,16). The summed E-state index contributed by atoms with van der Waals surface area (Å²) in [6.45, 7) is 6.28. The number of methoxy groups -OCH3 is 1. The van der Waals surface area contributed by atoms with Crippen LogP contribution in [0.1, 0.15) is 42.9 Å². The number of ether oxygens (including phenoxy) is 1. The molecular formula is C12H20ClN3O4S. The first-order valence-corrected chi connectivity index (χ1v) is 8.79. The lowest BCUT2D eigenvalue weighted by Crippen LogP contribution is -2.31. The minimum absolute atomic E-state index is 0.0959. The number of aromatic amines is 1. The number of halogens is 1. The van der Waals surface area contributed by atoms with Gasteiger partial charge in [0.1, 0.15) is 4.90 Å². The van der Waals surface area contributed by atoms with Crippen molar-refractivity contribution in [2.24, 2.45) is 5.92 Å². The lowest BCUT2D eigenvalue weighted by atomic mass is 10.1. The Morgan fingerprint density at radius 1 is 1.43 bits per heavy atom. The smallest absolute Gasteiger partial charge is 0.273 e. The minimum atomic E-state index is -4.07. The molecule has 1 aromatic heterocycles. The number of hydrogen-bond donors (Lipinski definition) is 2. The Hall–Kier alpha value is -1.12. The van der Waals surface area contributed by atoms with E-state index in [1.165, 1.54) is 0 Å². The van der Waals surface area contributed by atoms with Gasteiger partial charge >= 0.3 is 0 Å². The van der Waals surface area contributed by atoms with Crippen LogP contribution in [0.4, 0.5) is 0 Å². The van der Waals surface area contributed by atoms with Crippen molar-refractivity contribution in [2.75, 3.05) is 20.3 Å². The largest absolute Gasteiger partial charge is 0.384 e. The zero-order valence-electron chi connectivity index (χ0n) is 12.4. The maximum atomic E-state index is 12.1. The Labute approximate surface area is 128 Å². The molecule has 120 valence electrons. The third-order valence-electron chi connectivity index (χ3n) is 2.85. The highest BCUT2D eigenvalue weighted by Crippen LogP contribution is 2.27. The van der Waals surface area contributed by atoms with E-state index in [2.05, 4.69) is 15.5 Å². The molecule has 0 saturated carbocycles. The number of nitrogens with one attached hydrogen (secondary N) is 2. The molecule has 0 saturated heterocycles. The van der Waals surface area contributed by atoms with Crippen molar-refractivity contribution < 1.29 is 17.9 Å². The molecule has 1 unspecified atom stereocenters. The van der Waals surface area contributed by atoms with Crippen molar-refractivity contribution in [1.82, 2.24) is 15.5 Å². The van der Waals surface area contributed by atoms with E-state index in [0.29, 0.717) is 18.8 Å². The van der Waals surface area contributed by atoms with Crippen LogP contribution in [0.2, 0.25) is 0 Å². The third-order valence-corrected chi connectivity index (χ3v) is 4.21. The van der Waals surface area contributed by atoms with E-state index >= 15 is 0 Å². The van der Waals surface area contributed by atoms with Gasteiger partial charge in [0.05, 0.1) is 12.3 Å². The molecule has 2 N–H and O–H groups in total. The zero-order valence-corrected chi connectivity index (χ0v) is 14.0. The number of carbonyl (C=O) groups is 1. The Kier molecular flexibility index (Phi) is 6.18. The van der Waals surface area contributed by atoms with Crippen LogP contribution in [0, 0.1) is 5.92 Å². The Balaban J connectivity index is 3.00. The van der Waals surface area contributed by atoms with E-state index < -0.39 is 15.0 Å². The van der Waals surface area contributed by atoms with Crippen LogP contribution < -0.4 is 5.32 Å². The second-order valence-corrected chi connectivity index (χ2v) is 7.68. The predicted molar refractivity (Wildman–Crippen MR) is 79.1 cm³/mol. The van der Waals surface area contributed by atoms with Crippen LogP contribution in [-0.4, -0.2) is 44.8 Å². The fourth-order valence-electron chi connectivity index (χ4n) is 1.83. The van der Waals surface area contributed by atoms with Gasteiger partial charge in [0.25, 0.3) is 15.0 Å². The molecule has 0 fully saturated rings. The summed E-state index contributed by atoms with van der Waals surface area (Å²) in [7, 11) is 2.92.